The van der Waals surface area contributed by atoms with Crippen molar-refractivity contribution in [2.24, 2.45) is 5.73 Å². The molecule has 4 heteroatoms. The fourth-order valence-electron chi connectivity index (χ4n) is 1.58. The standard InChI is InChI=1S/C13H14FNO2/c14-11-4-1-3-10(7-11)13(8-15)17-9-12-5-2-6-16-12/h1-7,13H,8-9,15H2. The molecule has 0 radical (unpaired) electrons. The third-order valence-electron chi connectivity index (χ3n) is 2.44. The number of hydrogen-bond donors (Lipinski definition) is 1. The van der Waals surface area contributed by atoms with Crippen LogP contribution < -0.4 is 5.73 Å². The number of furan rings is 1. The monoisotopic (exact) mass is 235 g/mol. The predicted octanol–water partition coefficient (Wildman–Crippen LogP) is 2.64. The van der Waals surface area contributed by atoms with E-state index in [0.717, 1.165) is 11.3 Å². The van der Waals surface area contributed by atoms with Gasteiger partial charge in [-0.15, -0.1) is 0 Å². The number of hydrogen-bond acceptors (Lipinski definition) is 3. The molecule has 0 saturated carbocycles. The number of halogens is 1. The van der Waals surface area contributed by atoms with Crippen LogP contribution in [0.5, 0.6) is 0 Å². The van der Waals surface area contributed by atoms with E-state index in [4.69, 9.17) is 14.9 Å². The lowest BCUT2D eigenvalue weighted by Crippen LogP contribution is -2.15. The summed E-state index contributed by atoms with van der Waals surface area (Å²) < 4.78 is 23.8. The zero-order chi connectivity index (χ0) is 12.1. The maximum Gasteiger partial charge on any atom is 0.129 e. The number of rotatable bonds is 5. The molecule has 2 rings (SSSR count). The SMILES string of the molecule is NCC(OCc1ccco1)c1cccc(F)c1. The van der Waals surface area contributed by atoms with Gasteiger partial charge in [-0.3, -0.25) is 0 Å². The average Bonchev–Trinajstić information content (AvgIpc) is 2.83. The van der Waals surface area contributed by atoms with Crippen molar-refractivity contribution in [3.8, 4) is 0 Å². The summed E-state index contributed by atoms with van der Waals surface area (Å²) in [6.07, 6.45) is 1.26. The number of benzene rings is 1. The van der Waals surface area contributed by atoms with Crippen LogP contribution in [0.3, 0.4) is 0 Å². The lowest BCUT2D eigenvalue weighted by atomic mass is 10.1. The highest BCUT2D eigenvalue weighted by Crippen LogP contribution is 2.19. The molecule has 1 unspecified atom stereocenters. The van der Waals surface area contributed by atoms with Gasteiger partial charge in [-0.1, -0.05) is 12.1 Å². The highest BCUT2D eigenvalue weighted by atomic mass is 19.1. The van der Waals surface area contributed by atoms with Gasteiger partial charge in [-0.05, 0) is 29.8 Å². The van der Waals surface area contributed by atoms with Gasteiger partial charge < -0.3 is 14.9 Å². The van der Waals surface area contributed by atoms with E-state index in [1.807, 2.05) is 6.07 Å². The zero-order valence-electron chi connectivity index (χ0n) is 9.30. The molecule has 17 heavy (non-hydrogen) atoms. The minimum absolute atomic E-state index is 0.289. The number of ether oxygens (including phenoxy) is 1. The van der Waals surface area contributed by atoms with Crippen LogP contribution in [-0.4, -0.2) is 6.54 Å². The molecule has 0 spiro atoms. The van der Waals surface area contributed by atoms with Crippen molar-refractivity contribution in [3.63, 3.8) is 0 Å². The lowest BCUT2D eigenvalue weighted by molar-refractivity contribution is 0.0354. The van der Waals surface area contributed by atoms with Crippen LogP contribution >= 0.6 is 0 Å². The molecule has 0 aliphatic rings. The van der Waals surface area contributed by atoms with Crippen molar-refractivity contribution in [3.05, 3.63) is 59.8 Å². The van der Waals surface area contributed by atoms with E-state index in [-0.39, 0.29) is 11.9 Å². The van der Waals surface area contributed by atoms with Gasteiger partial charge in [0.1, 0.15) is 18.2 Å². The van der Waals surface area contributed by atoms with Crippen molar-refractivity contribution >= 4 is 0 Å². The molecule has 0 amide bonds. The van der Waals surface area contributed by atoms with E-state index < -0.39 is 0 Å². The highest BCUT2D eigenvalue weighted by molar-refractivity contribution is 5.19. The molecule has 2 N–H and O–H groups in total. The molecular weight excluding hydrogens is 221 g/mol. The van der Waals surface area contributed by atoms with Crippen LogP contribution in [-0.2, 0) is 11.3 Å². The Kier molecular flexibility index (Phi) is 3.90. The maximum absolute atomic E-state index is 13.1. The van der Waals surface area contributed by atoms with E-state index in [9.17, 15) is 4.39 Å². The van der Waals surface area contributed by atoms with Gasteiger partial charge in [0, 0.05) is 6.54 Å². The van der Waals surface area contributed by atoms with Crippen molar-refractivity contribution in [1.82, 2.24) is 0 Å². The molecule has 1 heterocycles. The fourth-order valence-corrected chi connectivity index (χ4v) is 1.58. The first-order chi connectivity index (χ1) is 8.29. The van der Waals surface area contributed by atoms with E-state index >= 15 is 0 Å². The van der Waals surface area contributed by atoms with Crippen LogP contribution in [0, 0.1) is 5.82 Å². The Morgan fingerprint density at radius 2 is 2.18 bits per heavy atom. The lowest BCUT2D eigenvalue weighted by Gasteiger charge is -2.15. The summed E-state index contributed by atoms with van der Waals surface area (Å²) in [6.45, 7) is 0.621. The summed E-state index contributed by atoms with van der Waals surface area (Å²) in [5.74, 6) is 0.433. The van der Waals surface area contributed by atoms with Crippen LogP contribution in [0.1, 0.15) is 17.4 Å². The molecule has 2 aromatic rings. The van der Waals surface area contributed by atoms with Crippen molar-refractivity contribution in [2.45, 2.75) is 12.7 Å². The molecule has 1 aromatic carbocycles. The quantitative estimate of drug-likeness (QED) is 0.866. The summed E-state index contributed by atoms with van der Waals surface area (Å²) in [6, 6.07) is 9.87. The summed E-state index contributed by atoms with van der Waals surface area (Å²) in [7, 11) is 0. The van der Waals surface area contributed by atoms with Crippen molar-refractivity contribution in [2.75, 3.05) is 6.54 Å². The molecule has 3 nitrogen and oxygen atoms in total. The normalized spacial score (nSPS) is 12.6. The Hall–Kier alpha value is -1.65. The predicted molar refractivity (Wildman–Crippen MR) is 61.7 cm³/mol. The second-order valence-electron chi connectivity index (χ2n) is 3.67. The molecule has 90 valence electrons. The van der Waals surface area contributed by atoms with Crippen LogP contribution in [0.25, 0.3) is 0 Å². The van der Waals surface area contributed by atoms with Gasteiger partial charge in [0.15, 0.2) is 0 Å². The maximum atomic E-state index is 13.1. The first-order valence-corrected chi connectivity index (χ1v) is 5.39. The van der Waals surface area contributed by atoms with Crippen molar-refractivity contribution < 1.29 is 13.5 Å². The smallest absolute Gasteiger partial charge is 0.129 e. The third kappa shape index (κ3) is 3.15. The second-order valence-corrected chi connectivity index (χ2v) is 3.67. The summed E-state index contributed by atoms with van der Waals surface area (Å²) in [5, 5.41) is 0. The first kappa shape index (κ1) is 11.8. The molecular formula is C13H14FNO2. The highest BCUT2D eigenvalue weighted by Gasteiger charge is 2.11. The minimum Gasteiger partial charge on any atom is -0.467 e. The zero-order valence-corrected chi connectivity index (χ0v) is 9.30. The Balaban J connectivity index is 2.01. The first-order valence-electron chi connectivity index (χ1n) is 5.39. The van der Waals surface area contributed by atoms with Gasteiger partial charge in [-0.2, -0.15) is 0 Å². The van der Waals surface area contributed by atoms with Gasteiger partial charge in [0.05, 0.1) is 12.4 Å². The minimum atomic E-state index is -0.323. The number of nitrogens with two attached hydrogens (primary N) is 1. The molecule has 0 aliphatic heterocycles. The van der Waals surface area contributed by atoms with E-state index in [1.165, 1.54) is 12.1 Å². The van der Waals surface area contributed by atoms with Gasteiger partial charge in [-0.25, -0.2) is 4.39 Å². The van der Waals surface area contributed by atoms with Crippen LogP contribution in [0.4, 0.5) is 4.39 Å². The van der Waals surface area contributed by atoms with Crippen molar-refractivity contribution in [1.29, 1.82) is 0 Å². The Labute approximate surface area is 99.0 Å². The largest absolute Gasteiger partial charge is 0.467 e. The summed E-state index contributed by atoms with van der Waals surface area (Å²) >= 11 is 0. The molecule has 0 saturated heterocycles. The van der Waals surface area contributed by atoms with Gasteiger partial charge in [0.25, 0.3) is 0 Å². The molecule has 0 bridgehead atoms. The third-order valence-corrected chi connectivity index (χ3v) is 2.44. The van der Waals surface area contributed by atoms with E-state index in [2.05, 4.69) is 0 Å². The molecule has 0 fully saturated rings. The second kappa shape index (κ2) is 5.61. The van der Waals surface area contributed by atoms with E-state index in [1.54, 1.807) is 24.5 Å². The average molecular weight is 235 g/mol. The van der Waals surface area contributed by atoms with Gasteiger partial charge >= 0.3 is 0 Å². The fraction of sp³-hybridized carbons (Fsp3) is 0.231. The molecule has 1 aromatic heterocycles. The van der Waals surface area contributed by atoms with Crippen LogP contribution in [0.15, 0.2) is 47.1 Å². The topological polar surface area (TPSA) is 48.4 Å². The molecule has 1 atom stereocenters. The Bertz CT molecular complexity index is 456. The van der Waals surface area contributed by atoms with Gasteiger partial charge in [0.2, 0.25) is 0 Å². The van der Waals surface area contributed by atoms with Crippen LogP contribution in [0.2, 0.25) is 0 Å². The van der Waals surface area contributed by atoms with E-state index in [0.29, 0.717) is 13.2 Å². The summed E-state index contributed by atoms with van der Waals surface area (Å²) in [4.78, 5) is 0. The Morgan fingerprint density at radius 3 is 2.82 bits per heavy atom. The Morgan fingerprint density at radius 1 is 1.29 bits per heavy atom. The summed E-state index contributed by atoms with van der Waals surface area (Å²) in [5.41, 5.74) is 6.35. The molecule has 0 aliphatic carbocycles.